The van der Waals surface area contributed by atoms with Gasteiger partial charge in [0, 0.05) is 31.1 Å². The Morgan fingerprint density at radius 1 is 1.23 bits per heavy atom. The highest BCUT2D eigenvalue weighted by Gasteiger charge is 2.44. The number of amides is 1. The van der Waals surface area contributed by atoms with Crippen molar-refractivity contribution < 1.29 is 19.6 Å². The molecule has 0 saturated carbocycles. The van der Waals surface area contributed by atoms with E-state index in [1.54, 1.807) is 48.1 Å². The number of nitro benzene ring substituents is 1. The van der Waals surface area contributed by atoms with E-state index in [1.807, 2.05) is 0 Å². The summed E-state index contributed by atoms with van der Waals surface area (Å²) in [5.41, 5.74) is 0.798. The van der Waals surface area contributed by atoms with E-state index in [9.17, 15) is 24.8 Å². The number of non-ortho nitro benzene ring substituents is 1. The van der Waals surface area contributed by atoms with Gasteiger partial charge in [0.05, 0.1) is 21.4 Å². The highest BCUT2D eigenvalue weighted by Crippen LogP contribution is 2.41. The van der Waals surface area contributed by atoms with E-state index in [-0.39, 0.29) is 17.8 Å². The number of rotatable bonds is 6. The molecule has 1 atom stereocenters. The van der Waals surface area contributed by atoms with Crippen LogP contribution in [0, 0.1) is 10.1 Å². The molecule has 30 heavy (non-hydrogen) atoms. The number of hydrogen-bond donors (Lipinski definition) is 1. The zero-order valence-corrected chi connectivity index (χ0v) is 16.3. The number of aliphatic hydroxyl groups is 1. The number of carbonyl (C=O) groups is 2. The molecule has 1 amide bonds. The van der Waals surface area contributed by atoms with Crippen LogP contribution in [0.4, 0.5) is 5.69 Å². The van der Waals surface area contributed by atoms with Gasteiger partial charge in [-0.15, -0.1) is 11.3 Å². The number of benzene rings is 1. The van der Waals surface area contributed by atoms with Crippen LogP contribution >= 0.6 is 11.3 Å². The average molecular weight is 421 g/mol. The van der Waals surface area contributed by atoms with Crippen molar-refractivity contribution in [1.82, 2.24) is 9.88 Å². The summed E-state index contributed by atoms with van der Waals surface area (Å²) in [5.74, 6) is -1.84. The summed E-state index contributed by atoms with van der Waals surface area (Å²) in [4.78, 5) is 42.5. The van der Waals surface area contributed by atoms with Crippen LogP contribution in [-0.2, 0) is 11.3 Å². The topological polar surface area (TPSA) is 114 Å². The van der Waals surface area contributed by atoms with Crippen molar-refractivity contribution in [3.05, 3.63) is 104 Å². The summed E-state index contributed by atoms with van der Waals surface area (Å²) < 4.78 is 0. The van der Waals surface area contributed by atoms with Gasteiger partial charge in [0.25, 0.3) is 11.6 Å². The van der Waals surface area contributed by atoms with Gasteiger partial charge in [-0.1, -0.05) is 24.3 Å². The van der Waals surface area contributed by atoms with Crippen molar-refractivity contribution in [2.75, 3.05) is 0 Å². The van der Waals surface area contributed by atoms with Crippen molar-refractivity contribution in [1.29, 1.82) is 0 Å². The predicted octanol–water partition coefficient (Wildman–Crippen LogP) is 3.83. The van der Waals surface area contributed by atoms with E-state index in [0.29, 0.717) is 16.0 Å². The molecular formula is C21H15N3O5S. The summed E-state index contributed by atoms with van der Waals surface area (Å²) in [7, 11) is 0. The predicted molar refractivity (Wildman–Crippen MR) is 109 cm³/mol. The van der Waals surface area contributed by atoms with Crippen LogP contribution < -0.4 is 0 Å². The maximum absolute atomic E-state index is 13.1. The smallest absolute Gasteiger partial charge is 0.290 e. The number of hydrogen-bond acceptors (Lipinski definition) is 7. The number of pyridine rings is 1. The molecule has 1 aliphatic rings. The summed E-state index contributed by atoms with van der Waals surface area (Å²) in [6.07, 6.45) is 3.17. The van der Waals surface area contributed by atoms with Crippen LogP contribution in [0.5, 0.6) is 0 Å². The maximum atomic E-state index is 13.1. The minimum absolute atomic E-state index is 0.0747. The molecule has 3 heterocycles. The molecule has 1 aromatic carbocycles. The molecule has 0 radical (unpaired) electrons. The summed E-state index contributed by atoms with van der Waals surface area (Å²) >= 11 is 1.19. The lowest BCUT2D eigenvalue weighted by molar-refractivity contribution is -0.384. The molecule has 0 saturated heterocycles. The van der Waals surface area contributed by atoms with Crippen LogP contribution in [0.15, 0.2) is 77.6 Å². The molecule has 8 nitrogen and oxygen atoms in total. The van der Waals surface area contributed by atoms with Gasteiger partial charge >= 0.3 is 0 Å². The second kappa shape index (κ2) is 7.88. The number of aliphatic hydroxyl groups excluding tert-OH is 1. The van der Waals surface area contributed by atoms with Crippen molar-refractivity contribution in [2.45, 2.75) is 12.6 Å². The molecule has 4 rings (SSSR count). The van der Waals surface area contributed by atoms with Crippen LogP contribution in [0.3, 0.4) is 0 Å². The van der Waals surface area contributed by atoms with Gasteiger partial charge in [0.15, 0.2) is 5.76 Å². The lowest BCUT2D eigenvalue weighted by atomic mass is 9.95. The van der Waals surface area contributed by atoms with E-state index >= 15 is 0 Å². The molecule has 0 fully saturated rings. The molecule has 0 unspecified atom stereocenters. The number of Topliss-reactive ketones (excluding diaryl/α,β-unsaturated/α-hetero) is 1. The normalized spacial score (nSPS) is 16.2. The first-order chi connectivity index (χ1) is 14.5. The highest BCUT2D eigenvalue weighted by molar-refractivity contribution is 7.12. The maximum Gasteiger partial charge on any atom is 0.290 e. The second-order valence-electron chi connectivity index (χ2n) is 6.62. The fourth-order valence-corrected chi connectivity index (χ4v) is 4.11. The first kappa shape index (κ1) is 19.5. The largest absolute Gasteiger partial charge is 0.503 e. The molecule has 150 valence electrons. The van der Waals surface area contributed by atoms with Crippen molar-refractivity contribution in [3.63, 3.8) is 0 Å². The third-order valence-corrected chi connectivity index (χ3v) is 5.63. The zero-order chi connectivity index (χ0) is 21.3. The third kappa shape index (κ3) is 3.46. The van der Waals surface area contributed by atoms with Gasteiger partial charge in [-0.05, 0) is 28.6 Å². The number of nitro groups is 1. The summed E-state index contributed by atoms with van der Waals surface area (Å²) in [6.45, 7) is 0.0747. The van der Waals surface area contributed by atoms with Crippen LogP contribution in [0.25, 0.3) is 0 Å². The molecule has 2 aromatic heterocycles. The minimum atomic E-state index is -0.966. The Hall–Kier alpha value is -3.85. The molecule has 3 aromatic rings. The molecular weight excluding hydrogens is 406 g/mol. The Bertz CT molecular complexity index is 1160. The Morgan fingerprint density at radius 2 is 2.07 bits per heavy atom. The summed E-state index contributed by atoms with van der Waals surface area (Å²) in [6, 6.07) is 11.5. The first-order valence-corrected chi connectivity index (χ1v) is 9.81. The van der Waals surface area contributed by atoms with E-state index in [4.69, 9.17) is 0 Å². The number of nitrogens with zero attached hydrogens (tertiary/aromatic N) is 3. The lowest BCUT2D eigenvalue weighted by Gasteiger charge is -2.26. The fourth-order valence-electron chi connectivity index (χ4n) is 3.43. The molecule has 0 bridgehead atoms. The Kier molecular flexibility index (Phi) is 5.11. The average Bonchev–Trinajstić information content (AvgIpc) is 3.37. The van der Waals surface area contributed by atoms with Gasteiger partial charge in [-0.2, -0.15) is 0 Å². The third-order valence-electron chi connectivity index (χ3n) is 4.77. The van der Waals surface area contributed by atoms with E-state index in [0.717, 1.165) is 0 Å². The number of aromatic nitrogens is 1. The van der Waals surface area contributed by atoms with Crippen LogP contribution in [0.1, 0.15) is 26.8 Å². The number of thiophene rings is 1. The summed E-state index contributed by atoms with van der Waals surface area (Å²) in [5, 5.41) is 23.6. The molecule has 0 spiro atoms. The quantitative estimate of drug-likeness (QED) is 0.368. The van der Waals surface area contributed by atoms with Gasteiger partial charge in [0.1, 0.15) is 0 Å². The van der Waals surface area contributed by atoms with Gasteiger partial charge in [0.2, 0.25) is 5.78 Å². The SMILES string of the molecule is O=C(C1=C(O)C(=O)N(Cc2cccnc2)[C@@H]1c1cccc([N+](=O)[O-])c1)c1cccs1. The van der Waals surface area contributed by atoms with Crippen LogP contribution in [0.2, 0.25) is 0 Å². The Labute approximate surface area is 174 Å². The fraction of sp³-hybridized carbons (Fsp3) is 0.0952. The van der Waals surface area contributed by atoms with Crippen molar-refractivity contribution in [3.8, 4) is 0 Å². The standard InChI is InChI=1S/C21H15N3O5S/c25-19(16-7-3-9-30-16)17-18(14-5-1-6-15(10-14)24(28)29)23(21(27)20(17)26)12-13-4-2-8-22-11-13/h1-11,18,26H,12H2/t18-/m1/s1. The Balaban J connectivity index is 1.83. The van der Waals surface area contributed by atoms with Crippen molar-refractivity contribution in [2.24, 2.45) is 0 Å². The number of ketones is 1. The minimum Gasteiger partial charge on any atom is -0.503 e. The van der Waals surface area contributed by atoms with Crippen LogP contribution in [-0.4, -0.2) is 31.6 Å². The lowest BCUT2D eigenvalue weighted by Crippen LogP contribution is -2.30. The van der Waals surface area contributed by atoms with Gasteiger partial charge in [-0.3, -0.25) is 24.7 Å². The molecule has 9 heteroatoms. The molecule has 1 aliphatic heterocycles. The highest BCUT2D eigenvalue weighted by atomic mass is 32.1. The molecule has 1 N–H and O–H groups in total. The number of carbonyl (C=O) groups excluding carboxylic acids is 2. The van der Waals surface area contributed by atoms with Gasteiger partial charge in [-0.25, -0.2) is 0 Å². The monoisotopic (exact) mass is 421 g/mol. The zero-order valence-electron chi connectivity index (χ0n) is 15.5. The second-order valence-corrected chi connectivity index (χ2v) is 7.57. The first-order valence-electron chi connectivity index (χ1n) is 8.93. The van der Waals surface area contributed by atoms with E-state index < -0.39 is 28.4 Å². The van der Waals surface area contributed by atoms with E-state index in [2.05, 4.69) is 4.98 Å². The van der Waals surface area contributed by atoms with Gasteiger partial charge < -0.3 is 10.0 Å². The van der Waals surface area contributed by atoms with Crippen molar-refractivity contribution >= 4 is 28.7 Å². The van der Waals surface area contributed by atoms with E-state index in [1.165, 1.54) is 34.4 Å². The Morgan fingerprint density at radius 3 is 2.73 bits per heavy atom. The molecule has 0 aliphatic carbocycles.